The summed E-state index contributed by atoms with van der Waals surface area (Å²) in [6.07, 6.45) is 0. The van der Waals surface area contributed by atoms with Gasteiger partial charge in [0.1, 0.15) is 11.5 Å². The number of hydrogen-bond donors (Lipinski definition) is 2. The third-order valence-electron chi connectivity index (χ3n) is 3.66. The highest BCUT2D eigenvalue weighted by molar-refractivity contribution is 5.94. The molecule has 2 aromatic carbocycles. The number of nitrogens with zero attached hydrogens (tertiary/aromatic N) is 1. The Balaban J connectivity index is 1.52. The topological polar surface area (TPSA) is 93.5 Å². The number of carbonyl (C=O) groups is 2. The van der Waals surface area contributed by atoms with Crippen molar-refractivity contribution < 1.29 is 18.8 Å². The molecule has 0 atom stereocenters. The van der Waals surface area contributed by atoms with Gasteiger partial charge in [0.2, 0.25) is 0 Å². The molecule has 0 saturated carbocycles. The van der Waals surface area contributed by atoms with Crippen molar-refractivity contribution in [1.29, 1.82) is 0 Å². The molecule has 0 spiro atoms. The van der Waals surface area contributed by atoms with E-state index >= 15 is 0 Å². The van der Waals surface area contributed by atoms with Crippen molar-refractivity contribution >= 4 is 17.6 Å². The summed E-state index contributed by atoms with van der Waals surface area (Å²) in [5.74, 6) is 0.762. The number of amides is 2. The smallest absolute Gasteiger partial charge is 0.263 e. The number of hydrogen-bond acceptors (Lipinski definition) is 5. The standard InChI is InChI=1S/C20H19N3O4/c1-14-10-18(23-27-14)22-19(24)13-26-17-9-5-8-16(11-17)20(25)21-12-15-6-3-2-4-7-15/h2-11H,12-13H2,1H3,(H,21,25)(H,22,23,24). The number of aryl methyl sites for hydroxylation is 1. The van der Waals surface area contributed by atoms with E-state index in [0.717, 1.165) is 5.56 Å². The van der Waals surface area contributed by atoms with Gasteiger partial charge in [0.05, 0.1) is 0 Å². The molecule has 0 fully saturated rings. The Morgan fingerprint density at radius 3 is 2.63 bits per heavy atom. The van der Waals surface area contributed by atoms with Gasteiger partial charge in [0, 0.05) is 18.2 Å². The lowest BCUT2D eigenvalue weighted by Gasteiger charge is -2.09. The molecular formula is C20H19N3O4. The lowest BCUT2D eigenvalue weighted by molar-refractivity contribution is -0.118. The first-order valence-corrected chi connectivity index (χ1v) is 8.38. The normalized spacial score (nSPS) is 10.3. The van der Waals surface area contributed by atoms with Gasteiger partial charge in [0.15, 0.2) is 12.4 Å². The van der Waals surface area contributed by atoms with Crippen LogP contribution in [-0.2, 0) is 11.3 Å². The quantitative estimate of drug-likeness (QED) is 0.671. The summed E-state index contributed by atoms with van der Waals surface area (Å²) < 4.78 is 10.3. The van der Waals surface area contributed by atoms with E-state index in [9.17, 15) is 9.59 Å². The highest BCUT2D eigenvalue weighted by Crippen LogP contribution is 2.14. The fourth-order valence-electron chi connectivity index (χ4n) is 2.36. The summed E-state index contributed by atoms with van der Waals surface area (Å²) >= 11 is 0. The van der Waals surface area contributed by atoms with E-state index in [4.69, 9.17) is 9.26 Å². The molecule has 7 nitrogen and oxygen atoms in total. The molecule has 1 heterocycles. The summed E-state index contributed by atoms with van der Waals surface area (Å²) in [5.41, 5.74) is 1.47. The van der Waals surface area contributed by atoms with Gasteiger partial charge in [0.25, 0.3) is 11.8 Å². The monoisotopic (exact) mass is 365 g/mol. The van der Waals surface area contributed by atoms with Crippen LogP contribution in [0, 0.1) is 6.92 Å². The third kappa shape index (κ3) is 5.43. The molecule has 0 saturated heterocycles. The molecular weight excluding hydrogens is 346 g/mol. The number of carbonyl (C=O) groups excluding carboxylic acids is 2. The first-order chi connectivity index (χ1) is 13.1. The number of anilines is 1. The van der Waals surface area contributed by atoms with Gasteiger partial charge in [-0.05, 0) is 30.7 Å². The number of aromatic nitrogens is 1. The maximum absolute atomic E-state index is 12.3. The molecule has 0 bridgehead atoms. The maximum atomic E-state index is 12.3. The predicted octanol–water partition coefficient (Wildman–Crippen LogP) is 2.93. The Labute approximate surface area is 156 Å². The summed E-state index contributed by atoms with van der Waals surface area (Å²) in [4.78, 5) is 24.2. The molecule has 7 heteroatoms. The van der Waals surface area contributed by atoms with Gasteiger partial charge >= 0.3 is 0 Å². The Bertz CT molecular complexity index is 922. The van der Waals surface area contributed by atoms with Crippen molar-refractivity contribution in [3.8, 4) is 5.75 Å². The number of ether oxygens (including phenoxy) is 1. The SMILES string of the molecule is Cc1cc(NC(=O)COc2cccc(C(=O)NCc3ccccc3)c2)no1. The van der Waals surface area contributed by atoms with Gasteiger partial charge in [-0.2, -0.15) is 0 Å². The lowest BCUT2D eigenvalue weighted by Crippen LogP contribution is -2.23. The Morgan fingerprint density at radius 1 is 1.07 bits per heavy atom. The van der Waals surface area contributed by atoms with E-state index in [0.29, 0.717) is 29.4 Å². The van der Waals surface area contributed by atoms with Crippen LogP contribution in [0.25, 0.3) is 0 Å². The maximum Gasteiger partial charge on any atom is 0.263 e. The summed E-state index contributed by atoms with van der Waals surface area (Å²) in [7, 11) is 0. The van der Waals surface area contributed by atoms with Crippen LogP contribution < -0.4 is 15.4 Å². The minimum Gasteiger partial charge on any atom is -0.484 e. The number of benzene rings is 2. The molecule has 0 aliphatic carbocycles. The van der Waals surface area contributed by atoms with Crippen molar-refractivity contribution in [2.24, 2.45) is 0 Å². The molecule has 0 unspecified atom stereocenters. The molecule has 3 rings (SSSR count). The van der Waals surface area contributed by atoms with Crippen molar-refractivity contribution in [2.75, 3.05) is 11.9 Å². The zero-order valence-corrected chi connectivity index (χ0v) is 14.8. The van der Waals surface area contributed by atoms with Crippen LogP contribution in [0.1, 0.15) is 21.7 Å². The lowest BCUT2D eigenvalue weighted by atomic mass is 10.2. The largest absolute Gasteiger partial charge is 0.484 e. The predicted molar refractivity (Wildman–Crippen MR) is 99.4 cm³/mol. The second-order valence-electron chi connectivity index (χ2n) is 5.86. The van der Waals surface area contributed by atoms with Crippen molar-refractivity contribution in [1.82, 2.24) is 10.5 Å². The van der Waals surface area contributed by atoms with Gasteiger partial charge < -0.3 is 19.9 Å². The average Bonchev–Trinajstić information content (AvgIpc) is 3.10. The summed E-state index contributed by atoms with van der Waals surface area (Å²) in [5, 5.41) is 9.09. The zero-order valence-electron chi connectivity index (χ0n) is 14.8. The fourth-order valence-corrected chi connectivity index (χ4v) is 2.36. The molecule has 138 valence electrons. The van der Waals surface area contributed by atoms with Crippen LogP contribution in [0.5, 0.6) is 5.75 Å². The van der Waals surface area contributed by atoms with Gasteiger partial charge in [-0.15, -0.1) is 0 Å². The van der Waals surface area contributed by atoms with Crippen LogP contribution in [0.3, 0.4) is 0 Å². The second kappa shape index (κ2) is 8.66. The van der Waals surface area contributed by atoms with E-state index < -0.39 is 0 Å². The van der Waals surface area contributed by atoms with Gasteiger partial charge in [-0.3, -0.25) is 9.59 Å². The molecule has 1 aromatic heterocycles. The molecule has 2 amide bonds. The minimum atomic E-state index is -0.373. The van der Waals surface area contributed by atoms with Crippen molar-refractivity contribution in [3.05, 3.63) is 77.6 Å². The van der Waals surface area contributed by atoms with E-state index in [-0.39, 0.29) is 18.4 Å². The molecule has 3 aromatic rings. The average molecular weight is 365 g/mol. The molecule has 0 aliphatic heterocycles. The van der Waals surface area contributed by atoms with Gasteiger partial charge in [-0.1, -0.05) is 41.6 Å². The van der Waals surface area contributed by atoms with E-state index in [1.165, 1.54) is 0 Å². The minimum absolute atomic E-state index is 0.207. The Hall–Kier alpha value is -3.61. The van der Waals surface area contributed by atoms with Crippen LogP contribution in [0.2, 0.25) is 0 Å². The zero-order chi connectivity index (χ0) is 19.1. The molecule has 2 N–H and O–H groups in total. The Morgan fingerprint density at radius 2 is 1.89 bits per heavy atom. The fraction of sp³-hybridized carbons (Fsp3) is 0.150. The first kappa shape index (κ1) is 18.2. The van der Waals surface area contributed by atoms with Crippen LogP contribution in [-0.4, -0.2) is 23.6 Å². The van der Waals surface area contributed by atoms with Crippen LogP contribution in [0.4, 0.5) is 5.82 Å². The second-order valence-corrected chi connectivity index (χ2v) is 5.86. The number of nitrogens with one attached hydrogen (secondary N) is 2. The van der Waals surface area contributed by atoms with E-state index in [1.54, 1.807) is 37.3 Å². The Kier molecular flexibility index (Phi) is 5.84. The van der Waals surface area contributed by atoms with Crippen molar-refractivity contribution in [3.63, 3.8) is 0 Å². The van der Waals surface area contributed by atoms with Crippen LogP contribution >= 0.6 is 0 Å². The summed E-state index contributed by atoms with van der Waals surface area (Å²) in [6, 6.07) is 17.9. The van der Waals surface area contributed by atoms with E-state index in [2.05, 4.69) is 15.8 Å². The molecule has 0 aliphatic rings. The first-order valence-electron chi connectivity index (χ1n) is 8.38. The third-order valence-corrected chi connectivity index (χ3v) is 3.66. The molecule has 27 heavy (non-hydrogen) atoms. The van der Waals surface area contributed by atoms with Gasteiger partial charge in [-0.25, -0.2) is 0 Å². The summed E-state index contributed by atoms with van der Waals surface area (Å²) in [6.45, 7) is 1.96. The number of rotatable bonds is 7. The van der Waals surface area contributed by atoms with Crippen LogP contribution in [0.15, 0.2) is 65.2 Å². The highest BCUT2D eigenvalue weighted by Gasteiger charge is 2.09. The molecule has 0 radical (unpaired) electrons. The highest BCUT2D eigenvalue weighted by atomic mass is 16.5. The van der Waals surface area contributed by atoms with Crippen molar-refractivity contribution in [2.45, 2.75) is 13.5 Å². The van der Waals surface area contributed by atoms with E-state index in [1.807, 2.05) is 30.3 Å².